The van der Waals surface area contributed by atoms with Crippen molar-refractivity contribution < 1.29 is 14.5 Å². The van der Waals surface area contributed by atoms with Gasteiger partial charge in [-0.25, -0.2) is 4.79 Å². The molecule has 0 aliphatic heterocycles. The van der Waals surface area contributed by atoms with Crippen LogP contribution < -0.4 is 4.74 Å². The average molecular weight is 243 g/mol. The molecule has 0 N–H and O–H groups in total. The minimum absolute atomic E-state index is 0.0636. The molecular formula is C13H9NO4. The molecule has 2 aromatic rings. The molecule has 5 heteroatoms. The van der Waals surface area contributed by atoms with Crippen molar-refractivity contribution >= 4 is 11.7 Å². The Hall–Kier alpha value is -2.69. The third-order valence-corrected chi connectivity index (χ3v) is 2.27. The van der Waals surface area contributed by atoms with Gasteiger partial charge in [0.15, 0.2) is 0 Å². The number of para-hydroxylation sites is 1. The second kappa shape index (κ2) is 5.09. The summed E-state index contributed by atoms with van der Waals surface area (Å²) in [6.45, 7) is 0. The normalized spacial score (nSPS) is 9.78. The van der Waals surface area contributed by atoms with Crippen LogP contribution >= 0.6 is 0 Å². The number of esters is 1. The zero-order chi connectivity index (χ0) is 13.0. The van der Waals surface area contributed by atoms with Crippen molar-refractivity contribution in [2.24, 2.45) is 0 Å². The van der Waals surface area contributed by atoms with Crippen LogP contribution in [0.15, 0.2) is 54.6 Å². The first-order chi connectivity index (χ1) is 8.66. The van der Waals surface area contributed by atoms with E-state index in [0.717, 1.165) is 0 Å². The molecule has 0 saturated carbocycles. The number of hydrogen-bond donors (Lipinski definition) is 0. The van der Waals surface area contributed by atoms with E-state index in [2.05, 4.69) is 0 Å². The Labute approximate surface area is 103 Å². The van der Waals surface area contributed by atoms with E-state index in [1.165, 1.54) is 24.3 Å². The highest BCUT2D eigenvalue weighted by molar-refractivity contribution is 5.91. The van der Waals surface area contributed by atoms with Gasteiger partial charge in [0.25, 0.3) is 5.69 Å². The maximum Gasteiger partial charge on any atom is 0.343 e. The Bertz CT molecular complexity index is 563. The zero-order valence-corrected chi connectivity index (χ0v) is 9.28. The molecule has 2 rings (SSSR count). The lowest BCUT2D eigenvalue weighted by molar-refractivity contribution is -0.384. The number of carbonyl (C=O) groups excluding carboxylic acids is 1. The van der Waals surface area contributed by atoms with Crippen molar-refractivity contribution in [3.8, 4) is 5.75 Å². The molecule has 0 bridgehead atoms. The van der Waals surface area contributed by atoms with Gasteiger partial charge in [-0.3, -0.25) is 10.1 Å². The number of ether oxygens (including phenoxy) is 1. The largest absolute Gasteiger partial charge is 0.423 e. The lowest BCUT2D eigenvalue weighted by Crippen LogP contribution is -2.08. The number of rotatable bonds is 3. The summed E-state index contributed by atoms with van der Waals surface area (Å²) >= 11 is 0. The van der Waals surface area contributed by atoms with Gasteiger partial charge in [-0.2, -0.15) is 0 Å². The topological polar surface area (TPSA) is 69.4 Å². The molecule has 0 aromatic heterocycles. The number of non-ortho nitro benzene ring substituents is 1. The van der Waals surface area contributed by atoms with E-state index in [0.29, 0.717) is 5.75 Å². The van der Waals surface area contributed by atoms with E-state index in [4.69, 9.17) is 4.74 Å². The van der Waals surface area contributed by atoms with E-state index < -0.39 is 10.9 Å². The van der Waals surface area contributed by atoms with Crippen LogP contribution in [-0.2, 0) is 0 Å². The summed E-state index contributed by atoms with van der Waals surface area (Å²) in [7, 11) is 0. The zero-order valence-electron chi connectivity index (χ0n) is 9.28. The van der Waals surface area contributed by atoms with Crippen LogP contribution in [-0.4, -0.2) is 10.9 Å². The van der Waals surface area contributed by atoms with Crippen LogP contribution in [0.4, 0.5) is 5.69 Å². The van der Waals surface area contributed by atoms with Crippen molar-refractivity contribution in [3.63, 3.8) is 0 Å². The maximum absolute atomic E-state index is 11.7. The number of hydrogen-bond acceptors (Lipinski definition) is 4. The van der Waals surface area contributed by atoms with E-state index in [1.807, 2.05) is 6.07 Å². The summed E-state index contributed by atoms with van der Waals surface area (Å²) in [5.74, 6) is -0.114. The van der Waals surface area contributed by atoms with Gasteiger partial charge in [-0.05, 0) is 24.3 Å². The van der Waals surface area contributed by atoms with Gasteiger partial charge in [-0.15, -0.1) is 0 Å². The standard InChI is InChI=1S/C13H9NO4/c15-13(18-12-4-2-1-3-5-12)10-6-8-11(9-7-10)14(16)17/h1-9H. The summed E-state index contributed by atoms with van der Waals surface area (Å²) in [4.78, 5) is 21.6. The van der Waals surface area contributed by atoms with Crippen LogP contribution in [0.1, 0.15) is 10.4 Å². The van der Waals surface area contributed by atoms with Crippen LogP contribution in [0, 0.1) is 10.1 Å². The third kappa shape index (κ3) is 2.70. The van der Waals surface area contributed by atoms with Gasteiger partial charge in [0, 0.05) is 12.1 Å². The molecule has 0 atom stereocenters. The molecular weight excluding hydrogens is 234 g/mol. The van der Waals surface area contributed by atoms with Crippen LogP contribution in [0.5, 0.6) is 5.75 Å². The Balaban J connectivity index is 2.12. The predicted octanol–water partition coefficient (Wildman–Crippen LogP) is 2.81. The highest BCUT2D eigenvalue weighted by Crippen LogP contribution is 2.15. The van der Waals surface area contributed by atoms with Crippen molar-refractivity contribution in [1.82, 2.24) is 0 Å². The molecule has 2 aromatic carbocycles. The molecule has 0 radical (unpaired) electrons. The van der Waals surface area contributed by atoms with E-state index in [1.54, 1.807) is 24.3 Å². The molecule has 5 nitrogen and oxygen atoms in total. The fraction of sp³-hybridized carbons (Fsp3) is 0. The van der Waals surface area contributed by atoms with Crippen molar-refractivity contribution in [3.05, 3.63) is 70.3 Å². The smallest absolute Gasteiger partial charge is 0.343 e. The second-order valence-electron chi connectivity index (χ2n) is 3.51. The molecule has 90 valence electrons. The quantitative estimate of drug-likeness (QED) is 0.359. The summed E-state index contributed by atoms with van der Waals surface area (Å²) in [5.41, 5.74) is 0.204. The Morgan fingerprint density at radius 3 is 2.17 bits per heavy atom. The molecule has 0 aliphatic carbocycles. The summed E-state index contributed by atoms with van der Waals surface area (Å²) in [6, 6.07) is 13.9. The lowest BCUT2D eigenvalue weighted by atomic mass is 10.2. The first kappa shape index (κ1) is 11.8. The Morgan fingerprint density at radius 1 is 1.00 bits per heavy atom. The predicted molar refractivity (Wildman–Crippen MR) is 64.5 cm³/mol. The molecule has 0 saturated heterocycles. The van der Waals surface area contributed by atoms with Gasteiger partial charge in [-0.1, -0.05) is 18.2 Å². The molecule has 0 amide bonds. The molecule has 18 heavy (non-hydrogen) atoms. The average Bonchev–Trinajstić information content (AvgIpc) is 2.40. The molecule has 0 fully saturated rings. The van der Waals surface area contributed by atoms with Gasteiger partial charge in [0.2, 0.25) is 0 Å². The molecule has 0 unspecified atom stereocenters. The lowest BCUT2D eigenvalue weighted by Gasteiger charge is -2.03. The molecule has 0 aliphatic rings. The van der Waals surface area contributed by atoms with E-state index in [9.17, 15) is 14.9 Å². The summed E-state index contributed by atoms with van der Waals surface area (Å²) < 4.78 is 5.09. The summed E-state index contributed by atoms with van der Waals surface area (Å²) in [6.07, 6.45) is 0. The highest BCUT2D eigenvalue weighted by atomic mass is 16.6. The van der Waals surface area contributed by atoms with Crippen LogP contribution in [0.3, 0.4) is 0 Å². The second-order valence-corrected chi connectivity index (χ2v) is 3.51. The number of nitro groups is 1. The van der Waals surface area contributed by atoms with Crippen molar-refractivity contribution in [2.45, 2.75) is 0 Å². The minimum atomic E-state index is -0.545. The number of nitro benzene ring substituents is 1. The van der Waals surface area contributed by atoms with Gasteiger partial charge >= 0.3 is 5.97 Å². The van der Waals surface area contributed by atoms with Gasteiger partial charge < -0.3 is 4.74 Å². The minimum Gasteiger partial charge on any atom is -0.423 e. The van der Waals surface area contributed by atoms with Crippen LogP contribution in [0.25, 0.3) is 0 Å². The van der Waals surface area contributed by atoms with E-state index >= 15 is 0 Å². The first-order valence-corrected chi connectivity index (χ1v) is 5.18. The van der Waals surface area contributed by atoms with E-state index in [-0.39, 0.29) is 11.3 Å². The maximum atomic E-state index is 11.7. The monoisotopic (exact) mass is 243 g/mol. The fourth-order valence-corrected chi connectivity index (χ4v) is 1.37. The Morgan fingerprint density at radius 2 is 1.61 bits per heavy atom. The fourth-order valence-electron chi connectivity index (χ4n) is 1.37. The van der Waals surface area contributed by atoms with Crippen molar-refractivity contribution in [1.29, 1.82) is 0 Å². The summed E-state index contributed by atoms with van der Waals surface area (Å²) in [5, 5.41) is 10.5. The SMILES string of the molecule is O=C(Oc1ccccc1)c1ccc([N+](=O)[O-])cc1. The molecule has 0 heterocycles. The Kier molecular flexibility index (Phi) is 3.33. The number of carbonyl (C=O) groups is 1. The number of nitrogens with zero attached hydrogens (tertiary/aromatic N) is 1. The van der Waals surface area contributed by atoms with Crippen LogP contribution in [0.2, 0.25) is 0 Å². The van der Waals surface area contributed by atoms with Gasteiger partial charge in [0.1, 0.15) is 5.75 Å². The number of benzene rings is 2. The highest BCUT2D eigenvalue weighted by Gasteiger charge is 2.11. The first-order valence-electron chi connectivity index (χ1n) is 5.18. The van der Waals surface area contributed by atoms with Gasteiger partial charge in [0.05, 0.1) is 10.5 Å². The third-order valence-electron chi connectivity index (χ3n) is 2.27. The molecule has 0 spiro atoms. The van der Waals surface area contributed by atoms with Crippen molar-refractivity contribution in [2.75, 3.05) is 0 Å².